The first kappa shape index (κ1) is 22.8. The lowest BCUT2D eigenvalue weighted by atomic mass is 10.2. The molecular formula is C22H27N3O5S. The maximum atomic E-state index is 12.5. The summed E-state index contributed by atoms with van der Waals surface area (Å²) < 4.78 is 33.4. The summed E-state index contributed by atoms with van der Waals surface area (Å²) >= 11 is 0. The van der Waals surface area contributed by atoms with Gasteiger partial charge in [-0.2, -0.15) is 4.72 Å². The van der Waals surface area contributed by atoms with Gasteiger partial charge in [0.25, 0.3) is 0 Å². The van der Waals surface area contributed by atoms with Gasteiger partial charge in [-0.15, -0.1) is 0 Å². The van der Waals surface area contributed by atoms with Crippen LogP contribution in [0.1, 0.15) is 39.5 Å². The minimum Gasteiger partial charge on any atom is -0.490 e. The standard InChI is InChI=1S/C22H27N3O5S/c1-15(25-31(28,29)21-13-9-17(10-14-21)23-16(2)26)22(27)24-18-7-11-20(12-8-18)30-19-5-3-4-6-19/h7-15,19,25H,3-6H2,1-2H3,(H,23,26)(H,24,27)/t15-/m0/s1. The van der Waals surface area contributed by atoms with Gasteiger partial charge in [-0.3, -0.25) is 9.59 Å². The van der Waals surface area contributed by atoms with Gasteiger partial charge in [0.2, 0.25) is 21.8 Å². The second-order valence-electron chi connectivity index (χ2n) is 7.59. The highest BCUT2D eigenvalue weighted by Gasteiger charge is 2.22. The van der Waals surface area contributed by atoms with Crippen molar-refractivity contribution in [3.8, 4) is 5.75 Å². The molecule has 1 atom stereocenters. The predicted molar refractivity (Wildman–Crippen MR) is 118 cm³/mol. The van der Waals surface area contributed by atoms with E-state index in [9.17, 15) is 18.0 Å². The molecule has 0 aromatic heterocycles. The summed E-state index contributed by atoms with van der Waals surface area (Å²) in [7, 11) is -3.91. The highest BCUT2D eigenvalue weighted by molar-refractivity contribution is 7.89. The van der Waals surface area contributed by atoms with Crippen molar-refractivity contribution in [2.24, 2.45) is 0 Å². The molecule has 0 spiro atoms. The first-order chi connectivity index (χ1) is 14.7. The molecule has 2 amide bonds. The molecule has 2 aromatic rings. The van der Waals surface area contributed by atoms with E-state index in [-0.39, 0.29) is 16.9 Å². The third-order valence-electron chi connectivity index (χ3n) is 4.94. The van der Waals surface area contributed by atoms with Crippen LogP contribution in [0.2, 0.25) is 0 Å². The highest BCUT2D eigenvalue weighted by atomic mass is 32.2. The van der Waals surface area contributed by atoms with Gasteiger partial charge in [0, 0.05) is 18.3 Å². The Hall–Kier alpha value is -2.91. The number of ether oxygens (including phenoxy) is 1. The van der Waals surface area contributed by atoms with Crippen molar-refractivity contribution < 1.29 is 22.7 Å². The quantitative estimate of drug-likeness (QED) is 0.577. The Morgan fingerprint density at radius 3 is 2.06 bits per heavy atom. The average Bonchev–Trinajstić information content (AvgIpc) is 3.22. The van der Waals surface area contributed by atoms with Crippen LogP contribution in [0.15, 0.2) is 53.4 Å². The van der Waals surface area contributed by atoms with Crippen molar-refractivity contribution in [3.63, 3.8) is 0 Å². The number of amides is 2. The normalized spacial score (nSPS) is 15.3. The van der Waals surface area contributed by atoms with Gasteiger partial charge in [-0.25, -0.2) is 8.42 Å². The van der Waals surface area contributed by atoms with E-state index in [1.165, 1.54) is 51.0 Å². The van der Waals surface area contributed by atoms with Crippen LogP contribution in [0.5, 0.6) is 5.75 Å². The Bertz CT molecular complexity index is 1010. The van der Waals surface area contributed by atoms with Crippen LogP contribution >= 0.6 is 0 Å². The average molecular weight is 446 g/mol. The van der Waals surface area contributed by atoms with Crippen molar-refractivity contribution in [1.29, 1.82) is 0 Å². The zero-order valence-electron chi connectivity index (χ0n) is 17.6. The number of hydrogen-bond acceptors (Lipinski definition) is 5. The van der Waals surface area contributed by atoms with Crippen LogP contribution in [0, 0.1) is 0 Å². The zero-order chi connectivity index (χ0) is 22.4. The molecule has 0 bridgehead atoms. The maximum absolute atomic E-state index is 12.5. The van der Waals surface area contributed by atoms with Crippen LogP contribution in [0.3, 0.4) is 0 Å². The van der Waals surface area contributed by atoms with Gasteiger partial charge < -0.3 is 15.4 Å². The molecule has 9 heteroatoms. The summed E-state index contributed by atoms with van der Waals surface area (Å²) in [6.45, 7) is 2.83. The second kappa shape index (κ2) is 9.93. The van der Waals surface area contributed by atoms with Gasteiger partial charge in [0.1, 0.15) is 5.75 Å². The fourth-order valence-electron chi connectivity index (χ4n) is 3.34. The molecule has 1 aliphatic rings. The third-order valence-corrected chi connectivity index (χ3v) is 6.49. The number of sulfonamides is 1. The van der Waals surface area contributed by atoms with E-state index >= 15 is 0 Å². The predicted octanol–water partition coefficient (Wildman–Crippen LogP) is 3.27. The molecule has 31 heavy (non-hydrogen) atoms. The van der Waals surface area contributed by atoms with Crippen molar-refractivity contribution in [3.05, 3.63) is 48.5 Å². The Balaban J connectivity index is 1.56. The fourth-order valence-corrected chi connectivity index (χ4v) is 4.54. The van der Waals surface area contributed by atoms with Crippen molar-refractivity contribution in [2.45, 2.75) is 56.6 Å². The number of carbonyl (C=O) groups excluding carboxylic acids is 2. The smallest absolute Gasteiger partial charge is 0.242 e. The zero-order valence-corrected chi connectivity index (χ0v) is 18.4. The van der Waals surface area contributed by atoms with Crippen molar-refractivity contribution in [1.82, 2.24) is 4.72 Å². The SMILES string of the molecule is CC(=O)Nc1ccc(S(=O)(=O)N[C@@H](C)C(=O)Nc2ccc(OC3CCCC3)cc2)cc1. The molecular weight excluding hydrogens is 418 g/mol. The van der Waals surface area contributed by atoms with Crippen LogP contribution < -0.4 is 20.1 Å². The summed E-state index contributed by atoms with van der Waals surface area (Å²) in [6.07, 6.45) is 4.75. The van der Waals surface area contributed by atoms with Crippen molar-refractivity contribution in [2.75, 3.05) is 10.6 Å². The first-order valence-corrected chi connectivity index (χ1v) is 11.7. The minimum absolute atomic E-state index is 0.00494. The molecule has 3 N–H and O–H groups in total. The molecule has 2 aromatic carbocycles. The number of anilines is 2. The van der Waals surface area contributed by atoms with Gasteiger partial charge in [-0.05, 0) is 81.1 Å². The van der Waals surface area contributed by atoms with Gasteiger partial charge in [-0.1, -0.05) is 0 Å². The van der Waals surface area contributed by atoms with Crippen molar-refractivity contribution >= 4 is 33.2 Å². The monoisotopic (exact) mass is 445 g/mol. The van der Waals surface area contributed by atoms with Crippen LogP contribution in [0.4, 0.5) is 11.4 Å². The minimum atomic E-state index is -3.91. The summed E-state index contributed by atoms with van der Waals surface area (Å²) in [5.41, 5.74) is 1.03. The van der Waals surface area contributed by atoms with E-state index < -0.39 is 22.0 Å². The molecule has 1 fully saturated rings. The Morgan fingerprint density at radius 2 is 1.48 bits per heavy atom. The number of benzene rings is 2. The number of nitrogens with one attached hydrogen (secondary N) is 3. The van der Waals surface area contributed by atoms with Gasteiger partial charge in [0.05, 0.1) is 17.0 Å². The molecule has 0 heterocycles. The molecule has 166 valence electrons. The Kier molecular flexibility index (Phi) is 7.29. The summed E-state index contributed by atoms with van der Waals surface area (Å²) in [5.74, 6) is 0.0152. The molecule has 0 aliphatic heterocycles. The van der Waals surface area contributed by atoms with E-state index in [2.05, 4.69) is 15.4 Å². The van der Waals surface area contributed by atoms with E-state index in [0.29, 0.717) is 11.4 Å². The van der Waals surface area contributed by atoms with Crippen LogP contribution in [-0.4, -0.2) is 32.4 Å². The summed E-state index contributed by atoms with van der Waals surface area (Å²) in [6, 6.07) is 11.7. The Morgan fingerprint density at radius 1 is 0.935 bits per heavy atom. The molecule has 1 saturated carbocycles. The van der Waals surface area contributed by atoms with E-state index in [0.717, 1.165) is 18.6 Å². The topological polar surface area (TPSA) is 114 Å². The van der Waals surface area contributed by atoms with E-state index in [1.807, 2.05) is 0 Å². The van der Waals surface area contributed by atoms with Gasteiger partial charge >= 0.3 is 0 Å². The highest BCUT2D eigenvalue weighted by Crippen LogP contribution is 2.25. The van der Waals surface area contributed by atoms with Crippen LogP contribution in [0.25, 0.3) is 0 Å². The molecule has 0 saturated heterocycles. The molecule has 0 radical (unpaired) electrons. The molecule has 1 aliphatic carbocycles. The molecule has 8 nitrogen and oxygen atoms in total. The lowest BCUT2D eigenvalue weighted by molar-refractivity contribution is -0.117. The third kappa shape index (κ3) is 6.53. The van der Waals surface area contributed by atoms with Gasteiger partial charge in [0.15, 0.2) is 0 Å². The lowest BCUT2D eigenvalue weighted by Gasteiger charge is -2.16. The number of carbonyl (C=O) groups is 2. The fraction of sp³-hybridized carbons (Fsp3) is 0.364. The lowest BCUT2D eigenvalue weighted by Crippen LogP contribution is -2.41. The largest absolute Gasteiger partial charge is 0.490 e. The first-order valence-electron chi connectivity index (χ1n) is 10.2. The Labute approximate surface area is 182 Å². The van der Waals surface area contributed by atoms with E-state index in [4.69, 9.17) is 4.74 Å². The summed E-state index contributed by atoms with van der Waals surface area (Å²) in [5, 5.41) is 5.26. The summed E-state index contributed by atoms with van der Waals surface area (Å²) in [4.78, 5) is 23.5. The number of hydrogen-bond donors (Lipinski definition) is 3. The molecule has 0 unspecified atom stereocenters. The number of rotatable bonds is 8. The maximum Gasteiger partial charge on any atom is 0.242 e. The van der Waals surface area contributed by atoms with Crippen LogP contribution in [-0.2, 0) is 19.6 Å². The molecule has 3 rings (SSSR count). The second-order valence-corrected chi connectivity index (χ2v) is 9.30. The van der Waals surface area contributed by atoms with E-state index in [1.54, 1.807) is 24.3 Å².